The van der Waals surface area contributed by atoms with Crippen molar-refractivity contribution in [2.45, 2.75) is 25.9 Å². The Hall–Kier alpha value is -2.22. The van der Waals surface area contributed by atoms with Crippen LogP contribution in [-0.4, -0.2) is 16.5 Å². The molecule has 1 N–H and O–H groups in total. The number of aryl methyl sites for hydroxylation is 2. The highest BCUT2D eigenvalue weighted by Crippen LogP contribution is 2.33. The minimum Gasteiger partial charge on any atom is -0.369 e. The number of nitrogens with zero attached hydrogens (tertiary/aromatic N) is 2. The van der Waals surface area contributed by atoms with Crippen molar-refractivity contribution in [3.63, 3.8) is 0 Å². The molecule has 25 heavy (non-hydrogen) atoms. The first kappa shape index (κ1) is 17.6. The number of aromatic nitrogens is 2. The maximum atomic E-state index is 13.6. The highest BCUT2D eigenvalue weighted by molar-refractivity contribution is 7.18. The fourth-order valence-electron chi connectivity index (χ4n) is 2.49. The first-order valence-electron chi connectivity index (χ1n) is 7.67. The number of fused-ring (bicyclic) bond motifs is 1. The second kappa shape index (κ2) is 6.95. The lowest BCUT2D eigenvalue weighted by Crippen LogP contribution is -2.14. The van der Waals surface area contributed by atoms with E-state index in [1.807, 2.05) is 6.92 Å². The lowest BCUT2D eigenvalue weighted by Gasteiger charge is -2.10. The standard InChI is InChI=1S/C17H15F4N3S/c1-10-9-12-14(23-16(17(19,20)21)24-15(12)25-10)22-8-4-6-11-5-2-3-7-13(11)18/h2-3,5,7,9H,4,6,8H2,1H3,(H,22,23,24). The molecule has 3 nitrogen and oxygen atoms in total. The maximum absolute atomic E-state index is 13.6. The molecule has 0 spiro atoms. The molecular weight excluding hydrogens is 354 g/mol. The van der Waals surface area contributed by atoms with Crippen molar-refractivity contribution in [3.8, 4) is 0 Å². The van der Waals surface area contributed by atoms with Gasteiger partial charge in [0.1, 0.15) is 16.5 Å². The molecule has 2 aromatic heterocycles. The zero-order valence-corrected chi connectivity index (χ0v) is 14.1. The summed E-state index contributed by atoms with van der Waals surface area (Å²) < 4.78 is 52.5. The van der Waals surface area contributed by atoms with Gasteiger partial charge in [-0.2, -0.15) is 13.2 Å². The van der Waals surface area contributed by atoms with Crippen LogP contribution in [0.3, 0.4) is 0 Å². The van der Waals surface area contributed by atoms with Crippen LogP contribution < -0.4 is 5.32 Å². The molecule has 0 saturated carbocycles. The van der Waals surface area contributed by atoms with E-state index in [-0.39, 0.29) is 11.6 Å². The van der Waals surface area contributed by atoms with Gasteiger partial charge in [0, 0.05) is 11.4 Å². The maximum Gasteiger partial charge on any atom is 0.451 e. The highest BCUT2D eigenvalue weighted by Gasteiger charge is 2.35. The number of nitrogens with one attached hydrogen (secondary N) is 1. The number of benzene rings is 1. The average molecular weight is 369 g/mol. The molecule has 0 aliphatic carbocycles. The van der Waals surface area contributed by atoms with Crippen LogP contribution in [0.5, 0.6) is 0 Å². The lowest BCUT2D eigenvalue weighted by atomic mass is 10.1. The van der Waals surface area contributed by atoms with Crippen molar-refractivity contribution < 1.29 is 17.6 Å². The Morgan fingerprint density at radius 1 is 1.16 bits per heavy atom. The first-order chi connectivity index (χ1) is 11.8. The van der Waals surface area contributed by atoms with Crippen LogP contribution in [0.1, 0.15) is 22.7 Å². The molecular formula is C17H15F4N3S. The Labute approximate surface area is 145 Å². The normalized spacial score (nSPS) is 11.9. The number of rotatable bonds is 5. The molecule has 0 unspecified atom stereocenters. The van der Waals surface area contributed by atoms with E-state index in [1.54, 1.807) is 24.3 Å². The van der Waals surface area contributed by atoms with Gasteiger partial charge in [-0.1, -0.05) is 18.2 Å². The van der Waals surface area contributed by atoms with E-state index >= 15 is 0 Å². The van der Waals surface area contributed by atoms with Crippen LogP contribution in [0.4, 0.5) is 23.4 Å². The number of alkyl halides is 3. The van der Waals surface area contributed by atoms with Crippen LogP contribution in [-0.2, 0) is 12.6 Å². The molecule has 3 rings (SSSR count). The zero-order chi connectivity index (χ0) is 18.0. The van der Waals surface area contributed by atoms with Gasteiger partial charge in [-0.25, -0.2) is 14.4 Å². The summed E-state index contributed by atoms with van der Waals surface area (Å²) in [5, 5.41) is 3.51. The molecule has 0 radical (unpaired) electrons. The van der Waals surface area contributed by atoms with Crippen molar-refractivity contribution in [1.29, 1.82) is 0 Å². The van der Waals surface area contributed by atoms with E-state index < -0.39 is 12.0 Å². The second-order valence-corrected chi connectivity index (χ2v) is 6.83. The van der Waals surface area contributed by atoms with E-state index in [1.165, 1.54) is 17.4 Å². The number of anilines is 1. The Morgan fingerprint density at radius 3 is 2.64 bits per heavy atom. The third kappa shape index (κ3) is 4.07. The topological polar surface area (TPSA) is 37.8 Å². The minimum atomic E-state index is -4.60. The fraction of sp³-hybridized carbons (Fsp3) is 0.294. The SMILES string of the molecule is Cc1cc2c(NCCCc3ccccc3F)nc(C(F)(F)F)nc2s1. The Morgan fingerprint density at radius 2 is 1.92 bits per heavy atom. The molecule has 0 atom stereocenters. The summed E-state index contributed by atoms with van der Waals surface area (Å²) in [6.45, 7) is 2.19. The van der Waals surface area contributed by atoms with Crippen molar-refractivity contribution in [2.75, 3.05) is 11.9 Å². The third-order valence-corrected chi connectivity index (χ3v) is 4.59. The molecule has 3 aromatic rings. The number of hydrogen-bond acceptors (Lipinski definition) is 4. The average Bonchev–Trinajstić information content (AvgIpc) is 2.92. The van der Waals surface area contributed by atoms with Crippen molar-refractivity contribution in [3.05, 3.63) is 52.4 Å². The van der Waals surface area contributed by atoms with Crippen LogP contribution in [0, 0.1) is 12.7 Å². The summed E-state index contributed by atoms with van der Waals surface area (Å²) in [7, 11) is 0. The third-order valence-electron chi connectivity index (χ3n) is 3.64. The van der Waals surface area contributed by atoms with Crippen molar-refractivity contribution >= 4 is 27.4 Å². The van der Waals surface area contributed by atoms with Gasteiger partial charge in [-0.05, 0) is 37.5 Å². The summed E-state index contributed by atoms with van der Waals surface area (Å²) in [6.07, 6.45) is -3.55. The summed E-state index contributed by atoms with van der Waals surface area (Å²) in [4.78, 5) is 8.40. The Balaban J connectivity index is 1.75. The largest absolute Gasteiger partial charge is 0.451 e. The zero-order valence-electron chi connectivity index (χ0n) is 13.3. The van der Waals surface area contributed by atoms with E-state index in [2.05, 4.69) is 15.3 Å². The van der Waals surface area contributed by atoms with E-state index in [0.717, 1.165) is 4.88 Å². The summed E-state index contributed by atoms with van der Waals surface area (Å²) in [5.74, 6) is -1.27. The lowest BCUT2D eigenvalue weighted by molar-refractivity contribution is -0.144. The molecule has 0 bridgehead atoms. The predicted molar refractivity (Wildman–Crippen MR) is 90.4 cm³/mol. The van der Waals surface area contributed by atoms with E-state index in [9.17, 15) is 17.6 Å². The second-order valence-electron chi connectivity index (χ2n) is 5.59. The monoisotopic (exact) mass is 369 g/mol. The number of halogens is 4. The van der Waals surface area contributed by atoms with E-state index in [4.69, 9.17) is 0 Å². The van der Waals surface area contributed by atoms with Gasteiger partial charge in [0.2, 0.25) is 5.82 Å². The van der Waals surface area contributed by atoms with Gasteiger partial charge in [-0.15, -0.1) is 11.3 Å². The van der Waals surface area contributed by atoms with Crippen LogP contribution in [0.15, 0.2) is 30.3 Å². The summed E-state index contributed by atoms with van der Waals surface area (Å²) in [6, 6.07) is 8.22. The van der Waals surface area contributed by atoms with Gasteiger partial charge >= 0.3 is 6.18 Å². The molecule has 0 saturated heterocycles. The Kier molecular flexibility index (Phi) is 4.89. The summed E-state index contributed by atoms with van der Waals surface area (Å²) in [5.41, 5.74) is 0.583. The molecule has 0 aliphatic heterocycles. The highest BCUT2D eigenvalue weighted by atomic mass is 32.1. The molecule has 0 aliphatic rings. The van der Waals surface area contributed by atoms with Gasteiger partial charge in [0.25, 0.3) is 0 Å². The summed E-state index contributed by atoms with van der Waals surface area (Å²) >= 11 is 1.19. The predicted octanol–water partition coefficient (Wildman–Crippen LogP) is 5.20. The van der Waals surface area contributed by atoms with Gasteiger partial charge in [-0.3, -0.25) is 0 Å². The smallest absolute Gasteiger partial charge is 0.369 e. The van der Waals surface area contributed by atoms with Gasteiger partial charge in [0.15, 0.2) is 0 Å². The van der Waals surface area contributed by atoms with Crippen LogP contribution in [0.25, 0.3) is 10.2 Å². The Bertz CT molecular complexity index is 889. The van der Waals surface area contributed by atoms with Crippen molar-refractivity contribution in [2.24, 2.45) is 0 Å². The molecule has 2 heterocycles. The fourth-order valence-corrected chi connectivity index (χ4v) is 3.37. The first-order valence-corrected chi connectivity index (χ1v) is 8.49. The number of hydrogen-bond donors (Lipinski definition) is 1. The van der Waals surface area contributed by atoms with Gasteiger partial charge in [0.05, 0.1) is 5.39 Å². The molecule has 8 heteroatoms. The minimum absolute atomic E-state index is 0.162. The molecule has 1 aromatic carbocycles. The molecule has 132 valence electrons. The number of thiophene rings is 1. The van der Waals surface area contributed by atoms with Crippen LogP contribution in [0.2, 0.25) is 0 Å². The molecule has 0 amide bonds. The van der Waals surface area contributed by atoms with E-state index in [0.29, 0.717) is 35.2 Å². The molecule has 0 fully saturated rings. The quantitative estimate of drug-likeness (QED) is 0.496. The van der Waals surface area contributed by atoms with Gasteiger partial charge < -0.3 is 5.32 Å². The van der Waals surface area contributed by atoms with Crippen molar-refractivity contribution in [1.82, 2.24) is 9.97 Å². The van der Waals surface area contributed by atoms with Crippen LogP contribution >= 0.6 is 11.3 Å².